The molecule has 0 amide bonds. The van der Waals surface area contributed by atoms with Crippen molar-refractivity contribution in [2.24, 2.45) is 0 Å². The summed E-state index contributed by atoms with van der Waals surface area (Å²) in [6, 6.07) is 1.56. The van der Waals surface area contributed by atoms with Crippen LogP contribution in [0.1, 0.15) is 23.7 Å². The monoisotopic (exact) mass is 283 g/mol. The standard InChI is InChI=1S/C13H18ClN3O2/c1-2-3-16-4-6-17(7-5-16)12-8-10(13(18)19)11(14)9-15-12/h8-9H,2-7H2,1H3,(H,18,19). The molecule has 6 heteroatoms. The third-order valence-corrected chi connectivity index (χ3v) is 3.61. The second-order valence-corrected chi connectivity index (χ2v) is 5.06. The van der Waals surface area contributed by atoms with Crippen molar-refractivity contribution in [3.8, 4) is 0 Å². The Kier molecular flexibility index (Phi) is 4.61. The van der Waals surface area contributed by atoms with Gasteiger partial charge in [0.25, 0.3) is 0 Å². The summed E-state index contributed by atoms with van der Waals surface area (Å²) in [7, 11) is 0. The molecule has 19 heavy (non-hydrogen) atoms. The number of rotatable bonds is 4. The first kappa shape index (κ1) is 14.1. The van der Waals surface area contributed by atoms with Gasteiger partial charge < -0.3 is 10.0 Å². The molecule has 1 N–H and O–H groups in total. The predicted octanol–water partition coefficient (Wildman–Crippen LogP) is 1.97. The minimum atomic E-state index is -1.02. The van der Waals surface area contributed by atoms with Crippen LogP contribution in [-0.4, -0.2) is 53.7 Å². The Labute approximate surface area is 117 Å². The van der Waals surface area contributed by atoms with Gasteiger partial charge in [0, 0.05) is 32.4 Å². The summed E-state index contributed by atoms with van der Waals surface area (Å²) in [6.45, 7) is 7.00. The maximum atomic E-state index is 11.1. The van der Waals surface area contributed by atoms with E-state index in [4.69, 9.17) is 16.7 Å². The van der Waals surface area contributed by atoms with Gasteiger partial charge in [0.05, 0.1) is 10.6 Å². The first-order chi connectivity index (χ1) is 9.11. The molecule has 2 rings (SSSR count). The highest BCUT2D eigenvalue weighted by Crippen LogP contribution is 2.21. The van der Waals surface area contributed by atoms with E-state index in [0.29, 0.717) is 5.82 Å². The Morgan fingerprint density at radius 1 is 1.42 bits per heavy atom. The first-order valence-corrected chi connectivity index (χ1v) is 6.85. The minimum absolute atomic E-state index is 0.114. The summed E-state index contributed by atoms with van der Waals surface area (Å²) in [5.41, 5.74) is 0.114. The van der Waals surface area contributed by atoms with Crippen molar-refractivity contribution in [3.05, 3.63) is 22.8 Å². The molecule has 1 aromatic rings. The van der Waals surface area contributed by atoms with E-state index >= 15 is 0 Å². The lowest BCUT2D eigenvalue weighted by Crippen LogP contribution is -2.46. The first-order valence-electron chi connectivity index (χ1n) is 6.48. The van der Waals surface area contributed by atoms with Crippen molar-refractivity contribution >= 4 is 23.4 Å². The van der Waals surface area contributed by atoms with Gasteiger partial charge in [-0.3, -0.25) is 4.90 Å². The summed E-state index contributed by atoms with van der Waals surface area (Å²) in [5, 5.41) is 9.24. The smallest absolute Gasteiger partial charge is 0.337 e. The van der Waals surface area contributed by atoms with Gasteiger partial charge in [-0.25, -0.2) is 9.78 Å². The maximum absolute atomic E-state index is 11.1. The second kappa shape index (κ2) is 6.21. The molecule has 0 aliphatic carbocycles. The van der Waals surface area contributed by atoms with Gasteiger partial charge in [0.1, 0.15) is 5.82 Å². The Hall–Kier alpha value is -1.33. The van der Waals surface area contributed by atoms with Gasteiger partial charge >= 0.3 is 5.97 Å². The van der Waals surface area contributed by atoms with Crippen LogP contribution >= 0.6 is 11.6 Å². The highest BCUT2D eigenvalue weighted by atomic mass is 35.5. The number of aromatic carboxylic acids is 1. The van der Waals surface area contributed by atoms with Crippen LogP contribution in [0.25, 0.3) is 0 Å². The summed E-state index contributed by atoms with van der Waals surface area (Å²) in [6.07, 6.45) is 2.57. The van der Waals surface area contributed by atoms with E-state index in [1.54, 1.807) is 6.07 Å². The molecule has 5 nitrogen and oxygen atoms in total. The number of hydrogen-bond donors (Lipinski definition) is 1. The van der Waals surface area contributed by atoms with Crippen molar-refractivity contribution in [2.75, 3.05) is 37.6 Å². The molecule has 104 valence electrons. The number of aromatic nitrogens is 1. The van der Waals surface area contributed by atoms with Crippen LogP contribution in [0.4, 0.5) is 5.82 Å². The molecule has 2 heterocycles. The average molecular weight is 284 g/mol. The number of halogens is 1. The third kappa shape index (κ3) is 3.36. The number of pyridine rings is 1. The van der Waals surface area contributed by atoms with Crippen LogP contribution in [0, 0.1) is 0 Å². The summed E-state index contributed by atoms with van der Waals surface area (Å²) < 4.78 is 0. The molecule has 1 aromatic heterocycles. The van der Waals surface area contributed by atoms with Crippen LogP contribution in [0.2, 0.25) is 5.02 Å². The molecule has 1 fully saturated rings. The van der Waals surface area contributed by atoms with E-state index in [-0.39, 0.29) is 10.6 Å². The predicted molar refractivity (Wildman–Crippen MR) is 75.2 cm³/mol. The molecule has 0 radical (unpaired) electrons. The Morgan fingerprint density at radius 3 is 2.68 bits per heavy atom. The Bertz CT molecular complexity index is 459. The zero-order valence-electron chi connectivity index (χ0n) is 11.0. The molecule has 0 unspecified atom stereocenters. The van der Waals surface area contributed by atoms with Crippen LogP contribution in [0.5, 0.6) is 0 Å². The van der Waals surface area contributed by atoms with Gasteiger partial charge in [-0.1, -0.05) is 18.5 Å². The summed E-state index contributed by atoms with van der Waals surface area (Å²) >= 11 is 5.82. The van der Waals surface area contributed by atoms with Gasteiger partial charge in [0.2, 0.25) is 0 Å². The van der Waals surface area contributed by atoms with E-state index < -0.39 is 5.97 Å². The van der Waals surface area contributed by atoms with Gasteiger partial charge in [-0.15, -0.1) is 0 Å². The molecule has 0 bridgehead atoms. The second-order valence-electron chi connectivity index (χ2n) is 4.66. The molecule has 1 saturated heterocycles. The van der Waals surface area contributed by atoms with E-state index in [9.17, 15) is 4.79 Å². The molecular weight excluding hydrogens is 266 g/mol. The molecule has 1 aliphatic rings. The molecule has 0 atom stereocenters. The lowest BCUT2D eigenvalue weighted by atomic mass is 10.2. The highest BCUT2D eigenvalue weighted by Gasteiger charge is 2.19. The lowest BCUT2D eigenvalue weighted by Gasteiger charge is -2.35. The number of anilines is 1. The molecule has 0 spiro atoms. The van der Waals surface area contributed by atoms with E-state index in [0.717, 1.165) is 39.1 Å². The van der Waals surface area contributed by atoms with Crippen molar-refractivity contribution in [1.82, 2.24) is 9.88 Å². The number of carboxylic acid groups (broad SMARTS) is 1. The van der Waals surface area contributed by atoms with Crippen LogP contribution in [0.3, 0.4) is 0 Å². The van der Waals surface area contributed by atoms with Crippen LogP contribution in [0.15, 0.2) is 12.3 Å². The zero-order chi connectivity index (χ0) is 13.8. The lowest BCUT2D eigenvalue weighted by molar-refractivity contribution is 0.0697. The van der Waals surface area contributed by atoms with Crippen LogP contribution in [-0.2, 0) is 0 Å². The quantitative estimate of drug-likeness (QED) is 0.915. The summed E-state index contributed by atoms with van der Waals surface area (Å²) in [4.78, 5) is 19.8. The maximum Gasteiger partial charge on any atom is 0.337 e. The van der Waals surface area contributed by atoms with E-state index in [1.165, 1.54) is 6.20 Å². The van der Waals surface area contributed by atoms with Crippen molar-refractivity contribution in [3.63, 3.8) is 0 Å². The van der Waals surface area contributed by atoms with Crippen LogP contribution < -0.4 is 4.90 Å². The van der Waals surface area contributed by atoms with E-state index in [1.807, 2.05) is 0 Å². The zero-order valence-corrected chi connectivity index (χ0v) is 11.7. The normalized spacial score (nSPS) is 16.6. The van der Waals surface area contributed by atoms with Gasteiger partial charge in [-0.05, 0) is 19.0 Å². The van der Waals surface area contributed by atoms with Crippen molar-refractivity contribution in [1.29, 1.82) is 0 Å². The van der Waals surface area contributed by atoms with Crippen molar-refractivity contribution in [2.45, 2.75) is 13.3 Å². The summed E-state index contributed by atoms with van der Waals surface area (Å²) in [5.74, 6) is -0.323. The number of nitrogens with zero attached hydrogens (tertiary/aromatic N) is 3. The number of carboxylic acids is 1. The topological polar surface area (TPSA) is 56.7 Å². The molecule has 0 aromatic carbocycles. The van der Waals surface area contributed by atoms with Gasteiger partial charge in [0.15, 0.2) is 0 Å². The fourth-order valence-electron chi connectivity index (χ4n) is 2.28. The number of carbonyl (C=O) groups is 1. The largest absolute Gasteiger partial charge is 0.478 e. The Balaban J connectivity index is 2.07. The SMILES string of the molecule is CCCN1CCN(c2cc(C(=O)O)c(Cl)cn2)CC1. The average Bonchev–Trinajstić information content (AvgIpc) is 2.40. The van der Waals surface area contributed by atoms with E-state index in [2.05, 4.69) is 21.7 Å². The fraction of sp³-hybridized carbons (Fsp3) is 0.538. The molecule has 0 saturated carbocycles. The highest BCUT2D eigenvalue weighted by molar-refractivity contribution is 6.33. The fourth-order valence-corrected chi connectivity index (χ4v) is 2.47. The van der Waals surface area contributed by atoms with Gasteiger partial charge in [-0.2, -0.15) is 0 Å². The molecular formula is C13H18ClN3O2. The molecule has 1 aliphatic heterocycles. The minimum Gasteiger partial charge on any atom is -0.478 e. The Morgan fingerprint density at radius 2 is 2.11 bits per heavy atom. The third-order valence-electron chi connectivity index (χ3n) is 3.31. The number of hydrogen-bond acceptors (Lipinski definition) is 4. The number of piperazine rings is 1. The van der Waals surface area contributed by atoms with Crippen molar-refractivity contribution < 1.29 is 9.90 Å².